The molecule has 1 aliphatic rings. The van der Waals surface area contributed by atoms with Crippen molar-refractivity contribution in [3.63, 3.8) is 0 Å². The average Bonchev–Trinajstić information content (AvgIpc) is 2.92. The van der Waals surface area contributed by atoms with Crippen molar-refractivity contribution in [2.24, 2.45) is 0 Å². The smallest absolute Gasteiger partial charge is 0.241 e. The van der Waals surface area contributed by atoms with E-state index in [9.17, 15) is 4.79 Å². The van der Waals surface area contributed by atoms with Crippen molar-refractivity contribution in [2.75, 3.05) is 18.5 Å². The van der Waals surface area contributed by atoms with Crippen molar-refractivity contribution in [3.8, 4) is 5.75 Å². The van der Waals surface area contributed by atoms with Crippen LogP contribution in [0.2, 0.25) is 5.02 Å². The predicted molar refractivity (Wildman–Crippen MR) is 84.1 cm³/mol. The summed E-state index contributed by atoms with van der Waals surface area (Å²) in [5.74, 6) is 0.649. The number of anilines is 1. The third kappa shape index (κ3) is 4.54. The van der Waals surface area contributed by atoms with Gasteiger partial charge < -0.3 is 15.4 Å². The van der Waals surface area contributed by atoms with Gasteiger partial charge in [-0.2, -0.15) is 0 Å². The molecular formula is C14H20Cl2N2O2. The maximum atomic E-state index is 11.9. The van der Waals surface area contributed by atoms with Crippen molar-refractivity contribution < 1.29 is 9.53 Å². The molecule has 1 fully saturated rings. The second kappa shape index (κ2) is 8.35. The number of halogens is 2. The van der Waals surface area contributed by atoms with Gasteiger partial charge in [0, 0.05) is 5.69 Å². The van der Waals surface area contributed by atoms with E-state index >= 15 is 0 Å². The van der Waals surface area contributed by atoms with Crippen molar-refractivity contribution in [3.05, 3.63) is 23.2 Å². The molecule has 0 radical (unpaired) electrons. The Kier molecular flexibility index (Phi) is 7.13. The summed E-state index contributed by atoms with van der Waals surface area (Å²) in [6.45, 7) is 3.58. The van der Waals surface area contributed by atoms with Gasteiger partial charge in [0.2, 0.25) is 5.91 Å². The number of nitrogens with one attached hydrogen (secondary N) is 2. The van der Waals surface area contributed by atoms with Crippen LogP contribution < -0.4 is 15.4 Å². The van der Waals surface area contributed by atoms with Crippen LogP contribution in [0, 0.1) is 0 Å². The van der Waals surface area contributed by atoms with E-state index in [4.69, 9.17) is 16.3 Å². The number of carbonyl (C=O) groups excluding carboxylic acids is 1. The summed E-state index contributed by atoms with van der Waals surface area (Å²) in [4.78, 5) is 11.9. The van der Waals surface area contributed by atoms with Crippen LogP contribution in [0.25, 0.3) is 0 Å². The fourth-order valence-electron chi connectivity index (χ4n) is 2.05. The molecule has 1 atom stereocenters. The molecule has 0 spiro atoms. The number of carbonyl (C=O) groups is 1. The number of hydrogen-bond donors (Lipinski definition) is 2. The minimum Gasteiger partial charge on any atom is -0.492 e. The summed E-state index contributed by atoms with van der Waals surface area (Å²) in [5.41, 5.74) is 0.701. The van der Waals surface area contributed by atoms with E-state index in [1.165, 1.54) is 0 Å². The lowest BCUT2D eigenvalue weighted by Gasteiger charge is -2.12. The van der Waals surface area contributed by atoms with E-state index in [1.54, 1.807) is 12.1 Å². The second-order valence-electron chi connectivity index (χ2n) is 4.63. The van der Waals surface area contributed by atoms with Crippen LogP contribution in [0.4, 0.5) is 5.69 Å². The monoisotopic (exact) mass is 318 g/mol. The van der Waals surface area contributed by atoms with Gasteiger partial charge in [-0.3, -0.25) is 4.79 Å². The zero-order chi connectivity index (χ0) is 13.7. The first-order chi connectivity index (χ1) is 9.20. The van der Waals surface area contributed by atoms with E-state index in [2.05, 4.69) is 10.6 Å². The van der Waals surface area contributed by atoms with Gasteiger partial charge in [-0.1, -0.05) is 18.5 Å². The number of benzene rings is 1. The molecule has 1 aliphatic heterocycles. The van der Waals surface area contributed by atoms with Crippen molar-refractivity contribution >= 4 is 35.6 Å². The van der Waals surface area contributed by atoms with E-state index in [0.29, 0.717) is 23.1 Å². The molecular weight excluding hydrogens is 299 g/mol. The molecule has 1 saturated heterocycles. The Morgan fingerprint density at radius 2 is 2.35 bits per heavy atom. The lowest BCUT2D eigenvalue weighted by atomic mass is 10.2. The van der Waals surface area contributed by atoms with Crippen molar-refractivity contribution in [1.29, 1.82) is 0 Å². The van der Waals surface area contributed by atoms with Gasteiger partial charge in [0.15, 0.2) is 0 Å². The lowest BCUT2D eigenvalue weighted by molar-refractivity contribution is -0.117. The molecule has 4 nitrogen and oxygen atoms in total. The standard InChI is InChI=1S/C14H19ClN2O2.ClH/c1-2-8-19-13-6-5-10(9-11(13)15)17-14(18)12-4-3-7-16-12;/h5-6,9,12,16H,2-4,7-8H2,1H3,(H,17,18);1H/t12-;/m0./s1. The van der Waals surface area contributed by atoms with Gasteiger partial charge in [0.25, 0.3) is 0 Å². The molecule has 0 unspecified atom stereocenters. The van der Waals surface area contributed by atoms with Gasteiger partial charge >= 0.3 is 0 Å². The Morgan fingerprint density at radius 3 is 2.95 bits per heavy atom. The molecule has 0 bridgehead atoms. The van der Waals surface area contributed by atoms with Gasteiger partial charge in [0.1, 0.15) is 5.75 Å². The molecule has 2 N–H and O–H groups in total. The maximum Gasteiger partial charge on any atom is 0.241 e. The normalized spacial score (nSPS) is 17.4. The summed E-state index contributed by atoms with van der Waals surface area (Å²) >= 11 is 6.12. The highest BCUT2D eigenvalue weighted by Gasteiger charge is 2.21. The zero-order valence-electron chi connectivity index (χ0n) is 11.4. The Hall–Kier alpha value is -0.970. The van der Waals surface area contributed by atoms with E-state index in [-0.39, 0.29) is 24.4 Å². The fraction of sp³-hybridized carbons (Fsp3) is 0.500. The van der Waals surface area contributed by atoms with Crippen LogP contribution in [-0.2, 0) is 4.79 Å². The van der Waals surface area contributed by atoms with E-state index in [0.717, 1.165) is 25.8 Å². The Balaban J connectivity index is 0.00000200. The molecule has 6 heteroatoms. The third-order valence-electron chi connectivity index (χ3n) is 3.04. The van der Waals surface area contributed by atoms with Gasteiger partial charge in [-0.15, -0.1) is 12.4 Å². The van der Waals surface area contributed by atoms with Crippen LogP contribution in [0.15, 0.2) is 18.2 Å². The van der Waals surface area contributed by atoms with Gasteiger partial charge in [-0.05, 0) is 44.0 Å². The fourth-order valence-corrected chi connectivity index (χ4v) is 2.28. The SMILES string of the molecule is CCCOc1ccc(NC(=O)[C@@H]2CCCN2)cc1Cl.Cl. The third-order valence-corrected chi connectivity index (χ3v) is 3.33. The molecule has 1 heterocycles. The largest absolute Gasteiger partial charge is 0.492 e. The number of ether oxygens (including phenoxy) is 1. The summed E-state index contributed by atoms with van der Waals surface area (Å²) in [6.07, 6.45) is 2.86. The molecule has 112 valence electrons. The Labute approximate surface area is 130 Å². The zero-order valence-corrected chi connectivity index (χ0v) is 13.0. The van der Waals surface area contributed by atoms with E-state index in [1.807, 2.05) is 13.0 Å². The molecule has 0 aliphatic carbocycles. The number of amides is 1. The van der Waals surface area contributed by atoms with Crippen LogP contribution >= 0.6 is 24.0 Å². The molecule has 20 heavy (non-hydrogen) atoms. The molecule has 1 aromatic carbocycles. The highest BCUT2D eigenvalue weighted by Crippen LogP contribution is 2.28. The van der Waals surface area contributed by atoms with Crippen LogP contribution in [0.5, 0.6) is 5.75 Å². The molecule has 0 saturated carbocycles. The van der Waals surface area contributed by atoms with Gasteiger partial charge in [-0.25, -0.2) is 0 Å². The van der Waals surface area contributed by atoms with Gasteiger partial charge in [0.05, 0.1) is 17.7 Å². The minimum absolute atomic E-state index is 0. The maximum absolute atomic E-state index is 11.9. The van der Waals surface area contributed by atoms with Crippen LogP contribution in [0.1, 0.15) is 26.2 Å². The quantitative estimate of drug-likeness (QED) is 0.876. The molecule has 1 aromatic rings. The van der Waals surface area contributed by atoms with Crippen molar-refractivity contribution in [2.45, 2.75) is 32.2 Å². The Bertz CT molecular complexity index is 449. The first-order valence-electron chi connectivity index (χ1n) is 6.67. The van der Waals surface area contributed by atoms with Crippen LogP contribution in [-0.4, -0.2) is 25.1 Å². The number of hydrogen-bond acceptors (Lipinski definition) is 3. The highest BCUT2D eigenvalue weighted by molar-refractivity contribution is 6.32. The predicted octanol–water partition coefficient (Wildman–Crippen LogP) is 3.24. The lowest BCUT2D eigenvalue weighted by Crippen LogP contribution is -2.35. The average molecular weight is 319 g/mol. The molecule has 2 rings (SSSR count). The summed E-state index contributed by atoms with van der Waals surface area (Å²) in [5, 5.41) is 6.55. The first-order valence-corrected chi connectivity index (χ1v) is 7.05. The highest BCUT2D eigenvalue weighted by atomic mass is 35.5. The topological polar surface area (TPSA) is 50.4 Å². The Morgan fingerprint density at radius 1 is 1.55 bits per heavy atom. The molecule has 1 amide bonds. The first kappa shape index (κ1) is 17.1. The summed E-state index contributed by atoms with van der Waals surface area (Å²) < 4.78 is 5.49. The van der Waals surface area contributed by atoms with E-state index < -0.39 is 0 Å². The second-order valence-corrected chi connectivity index (χ2v) is 5.04. The number of rotatable bonds is 5. The summed E-state index contributed by atoms with van der Waals surface area (Å²) in [7, 11) is 0. The molecule has 0 aromatic heterocycles. The summed E-state index contributed by atoms with van der Waals surface area (Å²) in [6, 6.07) is 5.23. The van der Waals surface area contributed by atoms with Crippen LogP contribution in [0.3, 0.4) is 0 Å². The van der Waals surface area contributed by atoms with Crippen molar-refractivity contribution in [1.82, 2.24) is 5.32 Å². The minimum atomic E-state index is -0.0882.